The summed E-state index contributed by atoms with van der Waals surface area (Å²) in [5, 5.41) is 0. The molecule has 1 atom stereocenters. The molecule has 1 heterocycles. The Morgan fingerprint density at radius 1 is 1.13 bits per heavy atom. The zero-order chi connectivity index (χ0) is 11.3. The first-order valence-corrected chi connectivity index (χ1v) is 6.40. The van der Waals surface area contributed by atoms with E-state index >= 15 is 0 Å². The van der Waals surface area contributed by atoms with Gasteiger partial charge in [0, 0.05) is 11.3 Å². The van der Waals surface area contributed by atoms with E-state index in [4.69, 9.17) is 9.47 Å². The molecule has 0 saturated carbocycles. The monoisotopic (exact) mass is 214 g/mol. The SMILES string of the molecule is CCCC(C)C1OCC(CC)(CC)CO1. The summed E-state index contributed by atoms with van der Waals surface area (Å²) >= 11 is 0. The van der Waals surface area contributed by atoms with E-state index in [1.54, 1.807) is 0 Å². The molecule has 2 nitrogen and oxygen atoms in total. The summed E-state index contributed by atoms with van der Waals surface area (Å²) < 4.78 is 11.7. The summed E-state index contributed by atoms with van der Waals surface area (Å²) in [5.41, 5.74) is 0.280. The first kappa shape index (κ1) is 13.0. The maximum Gasteiger partial charge on any atom is 0.160 e. The van der Waals surface area contributed by atoms with Crippen LogP contribution in [0.1, 0.15) is 53.4 Å². The number of hydrogen-bond acceptors (Lipinski definition) is 2. The highest BCUT2D eigenvalue weighted by molar-refractivity contribution is 4.79. The molecule has 2 heteroatoms. The van der Waals surface area contributed by atoms with Crippen LogP contribution < -0.4 is 0 Å². The van der Waals surface area contributed by atoms with Crippen LogP contribution in [0.25, 0.3) is 0 Å². The van der Waals surface area contributed by atoms with Crippen molar-refractivity contribution in [1.29, 1.82) is 0 Å². The topological polar surface area (TPSA) is 18.5 Å². The van der Waals surface area contributed by atoms with Crippen LogP contribution in [0.4, 0.5) is 0 Å². The summed E-state index contributed by atoms with van der Waals surface area (Å²) in [5.74, 6) is 0.529. The molecule has 1 aliphatic rings. The Morgan fingerprint density at radius 3 is 2.07 bits per heavy atom. The Labute approximate surface area is 94.3 Å². The molecule has 0 radical (unpaired) electrons. The van der Waals surface area contributed by atoms with Gasteiger partial charge in [-0.05, 0) is 19.3 Å². The van der Waals surface area contributed by atoms with Gasteiger partial charge in [-0.1, -0.05) is 34.1 Å². The molecule has 0 aromatic rings. The molecule has 0 N–H and O–H groups in total. The van der Waals surface area contributed by atoms with Gasteiger partial charge in [0.2, 0.25) is 0 Å². The summed E-state index contributed by atoms with van der Waals surface area (Å²) in [6.45, 7) is 10.6. The van der Waals surface area contributed by atoms with Crippen LogP contribution in [0.15, 0.2) is 0 Å². The van der Waals surface area contributed by atoms with Crippen molar-refractivity contribution in [3.8, 4) is 0 Å². The van der Waals surface area contributed by atoms with Crippen molar-refractivity contribution in [2.45, 2.75) is 59.7 Å². The molecule has 0 aliphatic carbocycles. The normalized spacial score (nSPS) is 24.0. The van der Waals surface area contributed by atoms with E-state index in [1.165, 1.54) is 12.8 Å². The van der Waals surface area contributed by atoms with Gasteiger partial charge in [0.25, 0.3) is 0 Å². The first-order chi connectivity index (χ1) is 7.17. The van der Waals surface area contributed by atoms with Crippen molar-refractivity contribution in [2.75, 3.05) is 13.2 Å². The van der Waals surface area contributed by atoms with E-state index in [0.29, 0.717) is 5.92 Å². The summed E-state index contributed by atoms with van der Waals surface area (Å²) in [4.78, 5) is 0. The Morgan fingerprint density at radius 2 is 1.67 bits per heavy atom. The van der Waals surface area contributed by atoms with Crippen LogP contribution in [0, 0.1) is 11.3 Å². The quantitative estimate of drug-likeness (QED) is 0.696. The molecule has 0 bridgehead atoms. The van der Waals surface area contributed by atoms with Gasteiger partial charge in [0.15, 0.2) is 6.29 Å². The molecule has 1 saturated heterocycles. The van der Waals surface area contributed by atoms with Gasteiger partial charge in [-0.25, -0.2) is 0 Å². The largest absolute Gasteiger partial charge is 0.352 e. The predicted octanol–water partition coefficient (Wildman–Crippen LogP) is 3.60. The molecule has 1 rings (SSSR count). The van der Waals surface area contributed by atoms with Crippen molar-refractivity contribution in [1.82, 2.24) is 0 Å². The van der Waals surface area contributed by atoms with Crippen LogP contribution in [-0.2, 0) is 9.47 Å². The molecule has 0 aromatic heterocycles. The second-order valence-corrected chi connectivity index (χ2v) is 4.96. The number of ether oxygens (including phenoxy) is 2. The fraction of sp³-hybridized carbons (Fsp3) is 1.00. The smallest absolute Gasteiger partial charge is 0.160 e. The predicted molar refractivity (Wildman–Crippen MR) is 62.8 cm³/mol. The van der Waals surface area contributed by atoms with E-state index in [1.807, 2.05) is 0 Å². The fourth-order valence-corrected chi connectivity index (χ4v) is 2.19. The third kappa shape index (κ3) is 3.18. The lowest BCUT2D eigenvalue weighted by Gasteiger charge is -2.40. The van der Waals surface area contributed by atoms with Crippen LogP contribution in [-0.4, -0.2) is 19.5 Å². The highest BCUT2D eigenvalue weighted by Crippen LogP contribution is 2.33. The lowest BCUT2D eigenvalue weighted by atomic mass is 9.83. The minimum atomic E-state index is 0.0381. The third-order valence-corrected chi connectivity index (χ3v) is 3.82. The lowest BCUT2D eigenvalue weighted by Crippen LogP contribution is -2.43. The van der Waals surface area contributed by atoms with Gasteiger partial charge in [-0.2, -0.15) is 0 Å². The molecule has 1 fully saturated rings. The zero-order valence-corrected chi connectivity index (χ0v) is 10.7. The van der Waals surface area contributed by atoms with E-state index in [2.05, 4.69) is 27.7 Å². The van der Waals surface area contributed by atoms with Crippen LogP contribution in [0.3, 0.4) is 0 Å². The molecule has 1 aliphatic heterocycles. The summed E-state index contributed by atoms with van der Waals surface area (Å²) in [7, 11) is 0. The Hall–Kier alpha value is -0.0800. The molecular formula is C13H26O2. The van der Waals surface area contributed by atoms with E-state index in [9.17, 15) is 0 Å². The molecule has 90 valence electrons. The third-order valence-electron chi connectivity index (χ3n) is 3.82. The van der Waals surface area contributed by atoms with Crippen LogP contribution in [0.5, 0.6) is 0 Å². The maximum absolute atomic E-state index is 5.87. The van der Waals surface area contributed by atoms with E-state index < -0.39 is 0 Å². The second kappa shape index (κ2) is 5.86. The molecular weight excluding hydrogens is 188 g/mol. The molecule has 0 spiro atoms. The van der Waals surface area contributed by atoms with Gasteiger partial charge in [-0.15, -0.1) is 0 Å². The first-order valence-electron chi connectivity index (χ1n) is 6.40. The average Bonchev–Trinajstić information content (AvgIpc) is 2.29. The van der Waals surface area contributed by atoms with Gasteiger partial charge >= 0.3 is 0 Å². The minimum Gasteiger partial charge on any atom is -0.352 e. The van der Waals surface area contributed by atoms with Crippen molar-refractivity contribution < 1.29 is 9.47 Å². The molecule has 1 unspecified atom stereocenters. The Balaban J connectivity index is 2.40. The van der Waals surface area contributed by atoms with Crippen molar-refractivity contribution in [3.05, 3.63) is 0 Å². The standard InChI is InChI=1S/C13H26O2/c1-5-8-11(4)12-14-9-13(6-2,7-3)10-15-12/h11-12H,5-10H2,1-4H3. The van der Waals surface area contributed by atoms with Crippen molar-refractivity contribution in [3.63, 3.8) is 0 Å². The van der Waals surface area contributed by atoms with Gasteiger partial charge < -0.3 is 9.47 Å². The molecule has 0 aromatic carbocycles. The highest BCUT2D eigenvalue weighted by Gasteiger charge is 2.35. The van der Waals surface area contributed by atoms with Gasteiger partial charge in [0.1, 0.15) is 0 Å². The van der Waals surface area contributed by atoms with Crippen LogP contribution in [0.2, 0.25) is 0 Å². The number of hydrogen-bond donors (Lipinski definition) is 0. The van der Waals surface area contributed by atoms with Gasteiger partial charge in [-0.3, -0.25) is 0 Å². The maximum atomic E-state index is 5.87. The molecule has 15 heavy (non-hydrogen) atoms. The van der Waals surface area contributed by atoms with Crippen molar-refractivity contribution in [2.24, 2.45) is 11.3 Å². The van der Waals surface area contributed by atoms with E-state index in [0.717, 1.165) is 26.1 Å². The lowest BCUT2D eigenvalue weighted by molar-refractivity contribution is -0.250. The fourth-order valence-electron chi connectivity index (χ4n) is 2.19. The Kier molecular flexibility index (Phi) is 5.07. The van der Waals surface area contributed by atoms with Crippen molar-refractivity contribution >= 4 is 0 Å². The number of rotatable bonds is 5. The second-order valence-electron chi connectivity index (χ2n) is 4.96. The average molecular weight is 214 g/mol. The van der Waals surface area contributed by atoms with Gasteiger partial charge in [0.05, 0.1) is 13.2 Å². The van der Waals surface area contributed by atoms with E-state index in [-0.39, 0.29) is 11.7 Å². The zero-order valence-electron chi connectivity index (χ0n) is 10.7. The highest BCUT2D eigenvalue weighted by atomic mass is 16.7. The van der Waals surface area contributed by atoms with Crippen LogP contribution >= 0.6 is 0 Å². The summed E-state index contributed by atoms with van der Waals surface area (Å²) in [6.07, 6.45) is 4.74. The summed E-state index contributed by atoms with van der Waals surface area (Å²) in [6, 6.07) is 0. The Bertz CT molecular complexity index is 165. The minimum absolute atomic E-state index is 0.0381. The molecule has 0 amide bonds.